The summed E-state index contributed by atoms with van der Waals surface area (Å²) in [6.07, 6.45) is 1.47. The van der Waals surface area contributed by atoms with Gasteiger partial charge in [-0.2, -0.15) is 0 Å². The molecule has 0 fully saturated rings. The molecule has 12 heavy (non-hydrogen) atoms. The molecule has 0 amide bonds. The first kappa shape index (κ1) is 9.22. The van der Waals surface area contributed by atoms with Gasteiger partial charge >= 0.3 is 0 Å². The zero-order valence-electron chi connectivity index (χ0n) is 6.28. The molecule has 0 spiro atoms. The number of rotatable bonds is 2. The van der Waals surface area contributed by atoms with Gasteiger partial charge in [0.1, 0.15) is 0 Å². The van der Waals surface area contributed by atoms with Crippen LogP contribution in [-0.2, 0) is 0 Å². The Morgan fingerprint density at radius 1 is 1.83 bits per heavy atom. The summed E-state index contributed by atoms with van der Waals surface area (Å²) in [7, 11) is 0. The number of nitrogens with zero attached hydrogens (tertiary/aromatic N) is 1. The molecule has 0 bridgehead atoms. The highest BCUT2D eigenvalue weighted by molar-refractivity contribution is 7.11. The minimum Gasteiger partial charge on any atom is -0.259 e. The Kier molecular flexibility index (Phi) is 2.83. The third-order valence-corrected chi connectivity index (χ3v) is 2.58. The largest absolute Gasteiger partial charge is 0.259 e. The minimum atomic E-state index is -0.434. The van der Waals surface area contributed by atoms with Gasteiger partial charge in [-0.05, 0) is 11.4 Å². The maximum absolute atomic E-state index is 10.2. The average molecular weight is 204 g/mol. The predicted molar refractivity (Wildman–Crippen MR) is 50.0 cm³/mol. The van der Waals surface area contributed by atoms with Crippen LogP contribution in [0, 0.1) is 10.1 Å². The van der Waals surface area contributed by atoms with Gasteiger partial charge in [-0.15, -0.1) is 11.3 Å². The Labute approximate surface area is 78.4 Å². The van der Waals surface area contributed by atoms with Crippen molar-refractivity contribution in [1.82, 2.24) is 0 Å². The Morgan fingerprint density at radius 3 is 2.92 bits per heavy atom. The molecule has 0 aliphatic rings. The van der Waals surface area contributed by atoms with Gasteiger partial charge in [0.2, 0.25) is 5.70 Å². The maximum atomic E-state index is 10.2. The molecule has 1 aromatic rings. The maximum Gasteiger partial charge on any atom is 0.244 e. The summed E-state index contributed by atoms with van der Waals surface area (Å²) in [5.41, 5.74) is 0.0966. The lowest BCUT2D eigenvalue weighted by atomic mass is 10.4. The summed E-state index contributed by atoms with van der Waals surface area (Å²) >= 11 is 7.11. The van der Waals surface area contributed by atoms with Crippen LogP contribution in [0.15, 0.2) is 17.1 Å². The summed E-state index contributed by atoms with van der Waals surface area (Å²) < 4.78 is 0. The van der Waals surface area contributed by atoms with Gasteiger partial charge in [0.05, 0.1) is 14.8 Å². The fraction of sp³-hybridized carbons (Fsp3) is 0.143. The first-order valence-electron chi connectivity index (χ1n) is 3.17. The summed E-state index contributed by atoms with van der Waals surface area (Å²) in [4.78, 5) is 10.5. The second-order valence-electron chi connectivity index (χ2n) is 2.18. The van der Waals surface area contributed by atoms with Gasteiger partial charge in [-0.1, -0.05) is 11.6 Å². The molecule has 0 saturated heterocycles. The van der Waals surface area contributed by atoms with E-state index in [4.69, 9.17) is 11.6 Å². The van der Waals surface area contributed by atoms with Gasteiger partial charge in [-0.25, -0.2) is 0 Å². The van der Waals surface area contributed by atoms with E-state index in [-0.39, 0.29) is 5.70 Å². The third-order valence-electron chi connectivity index (χ3n) is 1.27. The van der Waals surface area contributed by atoms with Crippen LogP contribution in [0.25, 0.3) is 6.08 Å². The quantitative estimate of drug-likeness (QED) is 0.548. The minimum absolute atomic E-state index is 0.0966. The molecule has 0 aliphatic heterocycles. The molecule has 5 heteroatoms. The molecule has 1 heterocycles. The highest BCUT2D eigenvalue weighted by Crippen LogP contribution is 2.24. The van der Waals surface area contributed by atoms with Gasteiger partial charge in [0, 0.05) is 13.0 Å². The summed E-state index contributed by atoms with van der Waals surface area (Å²) in [6, 6.07) is 1.71. The van der Waals surface area contributed by atoms with Crippen LogP contribution in [-0.4, -0.2) is 4.92 Å². The van der Waals surface area contributed by atoms with Crippen LogP contribution in [0.2, 0.25) is 5.02 Å². The molecule has 0 aromatic carbocycles. The lowest BCUT2D eigenvalue weighted by Crippen LogP contribution is -1.92. The van der Waals surface area contributed by atoms with Gasteiger partial charge < -0.3 is 0 Å². The van der Waals surface area contributed by atoms with E-state index in [0.717, 1.165) is 4.88 Å². The molecular weight excluding hydrogens is 198 g/mol. The fourth-order valence-corrected chi connectivity index (χ4v) is 1.75. The van der Waals surface area contributed by atoms with Crippen molar-refractivity contribution in [3.8, 4) is 0 Å². The normalized spacial score (nSPS) is 11.7. The van der Waals surface area contributed by atoms with Gasteiger partial charge in [-0.3, -0.25) is 10.1 Å². The van der Waals surface area contributed by atoms with E-state index >= 15 is 0 Å². The average Bonchev–Trinajstić information content (AvgIpc) is 2.36. The van der Waals surface area contributed by atoms with E-state index in [0.29, 0.717) is 5.02 Å². The molecule has 0 saturated carbocycles. The third kappa shape index (κ3) is 2.06. The van der Waals surface area contributed by atoms with E-state index in [2.05, 4.69) is 0 Å². The number of hydrogen-bond acceptors (Lipinski definition) is 3. The van der Waals surface area contributed by atoms with E-state index in [1.165, 1.54) is 24.3 Å². The Bertz CT molecular complexity index is 332. The van der Waals surface area contributed by atoms with Crippen molar-refractivity contribution in [3.63, 3.8) is 0 Å². The van der Waals surface area contributed by atoms with Crippen molar-refractivity contribution in [2.24, 2.45) is 0 Å². The van der Waals surface area contributed by atoms with Crippen LogP contribution in [0.5, 0.6) is 0 Å². The molecule has 0 aliphatic carbocycles. The van der Waals surface area contributed by atoms with E-state index < -0.39 is 4.92 Å². The summed E-state index contributed by atoms with van der Waals surface area (Å²) in [6.45, 7) is 1.44. The topological polar surface area (TPSA) is 43.1 Å². The van der Waals surface area contributed by atoms with E-state index in [1.807, 2.05) is 0 Å². The summed E-state index contributed by atoms with van der Waals surface area (Å²) in [5, 5.41) is 12.6. The van der Waals surface area contributed by atoms with Crippen LogP contribution in [0.1, 0.15) is 11.8 Å². The molecule has 0 atom stereocenters. The second-order valence-corrected chi connectivity index (χ2v) is 3.53. The number of allylic oxidation sites excluding steroid dienone is 1. The van der Waals surface area contributed by atoms with Crippen LogP contribution in [0.4, 0.5) is 0 Å². The molecule has 1 aromatic heterocycles. The van der Waals surface area contributed by atoms with Crippen LogP contribution >= 0.6 is 22.9 Å². The van der Waals surface area contributed by atoms with Crippen molar-refractivity contribution in [2.75, 3.05) is 0 Å². The zero-order chi connectivity index (χ0) is 9.14. The number of hydrogen-bond donors (Lipinski definition) is 0. The Morgan fingerprint density at radius 2 is 2.50 bits per heavy atom. The molecule has 0 radical (unpaired) electrons. The second kappa shape index (κ2) is 3.69. The molecule has 64 valence electrons. The molecular formula is C7H6ClNO2S. The van der Waals surface area contributed by atoms with Crippen molar-refractivity contribution in [2.45, 2.75) is 6.92 Å². The number of thiophene rings is 1. The highest BCUT2D eigenvalue weighted by Gasteiger charge is 2.05. The lowest BCUT2D eigenvalue weighted by Gasteiger charge is -1.88. The molecule has 1 rings (SSSR count). The van der Waals surface area contributed by atoms with Crippen LogP contribution in [0.3, 0.4) is 0 Å². The summed E-state index contributed by atoms with van der Waals surface area (Å²) in [5.74, 6) is 0. The highest BCUT2D eigenvalue weighted by atomic mass is 35.5. The lowest BCUT2D eigenvalue weighted by molar-refractivity contribution is -0.422. The molecule has 0 unspecified atom stereocenters. The fourth-order valence-electron chi connectivity index (χ4n) is 0.651. The van der Waals surface area contributed by atoms with Crippen molar-refractivity contribution < 1.29 is 4.92 Å². The van der Waals surface area contributed by atoms with Crippen LogP contribution < -0.4 is 0 Å². The first-order chi connectivity index (χ1) is 5.61. The predicted octanol–water partition coefficient (Wildman–Crippen LogP) is 3.04. The Hall–Kier alpha value is -0.870. The van der Waals surface area contributed by atoms with Crippen molar-refractivity contribution in [1.29, 1.82) is 0 Å². The number of halogens is 1. The van der Waals surface area contributed by atoms with Crippen molar-refractivity contribution >= 4 is 29.0 Å². The Balaban J connectivity index is 2.95. The molecule has 3 nitrogen and oxygen atoms in total. The monoisotopic (exact) mass is 203 g/mol. The van der Waals surface area contributed by atoms with Gasteiger partial charge in [0.25, 0.3) is 0 Å². The zero-order valence-corrected chi connectivity index (χ0v) is 7.85. The first-order valence-corrected chi connectivity index (χ1v) is 4.42. The van der Waals surface area contributed by atoms with E-state index in [1.54, 1.807) is 11.4 Å². The number of nitro groups is 1. The van der Waals surface area contributed by atoms with Gasteiger partial charge in [0.15, 0.2) is 0 Å². The van der Waals surface area contributed by atoms with E-state index in [9.17, 15) is 10.1 Å². The standard InChI is InChI=1S/C7H6ClNO2S/c1-5(9(10)11)4-7-6(8)2-3-12-7/h2-4H,1H3/b5-4+. The van der Waals surface area contributed by atoms with Crippen molar-refractivity contribution in [3.05, 3.63) is 37.2 Å². The molecule has 0 N–H and O–H groups in total. The SMILES string of the molecule is C/C(=C\c1sccc1Cl)[N+](=O)[O-]. The smallest absolute Gasteiger partial charge is 0.244 e.